The molecule has 0 radical (unpaired) electrons. The van der Waals surface area contributed by atoms with Crippen LogP contribution in [0.4, 0.5) is 14.5 Å². The number of H-pyrrole nitrogens is 1. The fraction of sp³-hybridized carbons (Fsp3) is 0.190. The maximum atomic E-state index is 12.5. The van der Waals surface area contributed by atoms with Crippen LogP contribution in [0.1, 0.15) is 17.7 Å². The van der Waals surface area contributed by atoms with Gasteiger partial charge < -0.3 is 15.0 Å². The number of amides is 1. The molecule has 10 heteroatoms. The second kappa shape index (κ2) is 10.4. The number of halogens is 3. The Bertz CT molecular complexity index is 1130. The lowest BCUT2D eigenvalue weighted by Gasteiger charge is -2.13. The Morgan fingerprint density at radius 3 is 2.68 bits per heavy atom. The summed E-state index contributed by atoms with van der Waals surface area (Å²) in [6.07, 6.45) is 0.0687. The summed E-state index contributed by atoms with van der Waals surface area (Å²) in [6.45, 7) is 1.54. The highest BCUT2D eigenvalue weighted by atomic mass is 35.5. The lowest BCUT2D eigenvalue weighted by molar-refractivity contribution is -0.116. The van der Waals surface area contributed by atoms with Crippen molar-refractivity contribution in [2.45, 2.75) is 30.7 Å². The fourth-order valence-electron chi connectivity index (χ4n) is 2.77. The van der Waals surface area contributed by atoms with Crippen LogP contribution in [-0.2, 0) is 11.2 Å². The lowest BCUT2D eigenvalue weighted by atomic mass is 10.1. The summed E-state index contributed by atoms with van der Waals surface area (Å²) >= 11 is 6.21. The van der Waals surface area contributed by atoms with Gasteiger partial charge in [-0.1, -0.05) is 29.8 Å². The van der Waals surface area contributed by atoms with Gasteiger partial charge in [-0.3, -0.25) is 9.59 Å². The van der Waals surface area contributed by atoms with Crippen molar-refractivity contribution in [1.29, 1.82) is 0 Å². The van der Waals surface area contributed by atoms with Crippen molar-refractivity contribution in [2.24, 2.45) is 0 Å². The largest absolute Gasteiger partial charge is 0.455 e. The average Bonchev–Trinajstić information content (AvgIpc) is 2.69. The van der Waals surface area contributed by atoms with Crippen LogP contribution in [0, 0.1) is 6.92 Å². The fourth-order valence-corrected chi connectivity index (χ4v) is 3.46. The number of benzene rings is 2. The quantitative estimate of drug-likeness (QED) is 0.343. The van der Waals surface area contributed by atoms with Crippen LogP contribution >= 0.6 is 23.4 Å². The number of nitrogens with zero attached hydrogens (tertiary/aromatic N) is 1. The first-order valence-corrected chi connectivity index (χ1v) is 10.4. The molecule has 6 nitrogen and oxygen atoms in total. The van der Waals surface area contributed by atoms with Gasteiger partial charge in [0.15, 0.2) is 10.9 Å². The Balaban J connectivity index is 1.69. The maximum Gasteiger partial charge on any atom is 0.291 e. The van der Waals surface area contributed by atoms with Crippen LogP contribution in [-0.4, -0.2) is 21.6 Å². The number of para-hydroxylation sites is 1. The Kier molecular flexibility index (Phi) is 7.64. The van der Waals surface area contributed by atoms with E-state index in [-0.39, 0.29) is 41.2 Å². The molecule has 0 aliphatic rings. The van der Waals surface area contributed by atoms with Crippen LogP contribution in [0.2, 0.25) is 5.02 Å². The van der Waals surface area contributed by atoms with E-state index in [0.29, 0.717) is 27.9 Å². The molecule has 1 amide bonds. The number of anilines is 1. The van der Waals surface area contributed by atoms with E-state index in [1.807, 2.05) is 18.2 Å². The standard InChI is InChI=1S/C21H18ClF2N3O3S/c1-12-15(19(29)27-21(25-12)31-20(23)24)8-10-18(28)26-16-11-13(22)7-9-17(16)30-14-5-3-2-4-6-14/h2-7,9,11,20H,8,10H2,1H3,(H,26,28)(H,25,27,29). The maximum absolute atomic E-state index is 12.5. The molecule has 0 saturated carbocycles. The van der Waals surface area contributed by atoms with E-state index in [2.05, 4.69) is 15.3 Å². The molecule has 1 aromatic heterocycles. The van der Waals surface area contributed by atoms with Gasteiger partial charge in [0.25, 0.3) is 11.3 Å². The predicted molar refractivity (Wildman–Crippen MR) is 116 cm³/mol. The number of hydrogen-bond acceptors (Lipinski definition) is 5. The molecule has 3 rings (SSSR count). The summed E-state index contributed by atoms with van der Waals surface area (Å²) in [5.41, 5.74) is 0.407. The van der Waals surface area contributed by atoms with Gasteiger partial charge >= 0.3 is 0 Å². The molecule has 0 atom stereocenters. The van der Waals surface area contributed by atoms with Crippen molar-refractivity contribution in [3.63, 3.8) is 0 Å². The number of rotatable bonds is 8. The summed E-state index contributed by atoms with van der Waals surface area (Å²) in [5.74, 6) is -2.06. The van der Waals surface area contributed by atoms with Crippen LogP contribution in [0.5, 0.6) is 11.5 Å². The molecule has 0 bridgehead atoms. The zero-order valence-electron chi connectivity index (χ0n) is 16.3. The van der Waals surface area contributed by atoms with Crippen molar-refractivity contribution in [3.05, 3.63) is 75.2 Å². The molecule has 0 saturated heterocycles. The molecule has 0 aliphatic carbocycles. The number of thioether (sulfide) groups is 1. The molecule has 0 aliphatic heterocycles. The van der Waals surface area contributed by atoms with Crippen molar-refractivity contribution in [2.75, 3.05) is 5.32 Å². The average molecular weight is 466 g/mol. The topological polar surface area (TPSA) is 84.1 Å². The second-order valence-electron chi connectivity index (χ2n) is 6.42. The van der Waals surface area contributed by atoms with E-state index in [0.717, 1.165) is 0 Å². The zero-order valence-corrected chi connectivity index (χ0v) is 17.9. The van der Waals surface area contributed by atoms with Gasteiger partial charge in [0.1, 0.15) is 5.75 Å². The van der Waals surface area contributed by atoms with Crippen molar-refractivity contribution >= 4 is 35.0 Å². The molecular weight excluding hydrogens is 448 g/mol. The van der Waals surface area contributed by atoms with Crippen LogP contribution in [0.15, 0.2) is 58.5 Å². The van der Waals surface area contributed by atoms with Gasteiger partial charge in [-0.25, -0.2) is 4.98 Å². The van der Waals surface area contributed by atoms with E-state index in [1.165, 1.54) is 0 Å². The van der Waals surface area contributed by atoms with Gasteiger partial charge in [-0.05, 0) is 55.4 Å². The second-order valence-corrected chi connectivity index (χ2v) is 7.83. The minimum absolute atomic E-state index is 0.0236. The molecule has 2 aromatic carbocycles. The van der Waals surface area contributed by atoms with Crippen LogP contribution in [0.25, 0.3) is 0 Å². The van der Waals surface area contributed by atoms with Gasteiger partial charge in [0, 0.05) is 22.7 Å². The van der Waals surface area contributed by atoms with Crippen LogP contribution in [0.3, 0.4) is 0 Å². The Labute approximate surface area is 186 Å². The number of carbonyl (C=O) groups is 1. The summed E-state index contributed by atoms with van der Waals surface area (Å²) in [4.78, 5) is 31.0. The molecule has 1 heterocycles. The SMILES string of the molecule is Cc1nc(SC(F)F)[nH]c(=O)c1CCC(=O)Nc1cc(Cl)ccc1Oc1ccccc1. The summed E-state index contributed by atoms with van der Waals surface area (Å²) in [7, 11) is 0. The molecule has 162 valence electrons. The minimum atomic E-state index is -2.69. The number of aromatic nitrogens is 2. The number of ether oxygens (including phenoxy) is 1. The smallest absolute Gasteiger partial charge is 0.291 e. The van der Waals surface area contributed by atoms with Crippen molar-refractivity contribution in [1.82, 2.24) is 9.97 Å². The highest BCUT2D eigenvalue weighted by Crippen LogP contribution is 2.32. The molecule has 3 aromatic rings. The predicted octanol–water partition coefficient (Wildman–Crippen LogP) is 5.41. The molecular formula is C21H18ClF2N3O3S. The first-order valence-electron chi connectivity index (χ1n) is 9.18. The Hall–Kier alpha value is -2.91. The third kappa shape index (κ3) is 6.53. The highest BCUT2D eigenvalue weighted by Gasteiger charge is 2.15. The van der Waals surface area contributed by atoms with E-state index in [4.69, 9.17) is 16.3 Å². The van der Waals surface area contributed by atoms with Crippen molar-refractivity contribution < 1.29 is 18.3 Å². The number of hydrogen-bond donors (Lipinski definition) is 2. The number of nitrogens with one attached hydrogen (secondary N) is 2. The molecule has 0 fully saturated rings. The van der Waals surface area contributed by atoms with Gasteiger partial charge in [0.2, 0.25) is 5.91 Å². The molecule has 0 unspecified atom stereocenters. The van der Waals surface area contributed by atoms with E-state index in [9.17, 15) is 18.4 Å². The zero-order chi connectivity index (χ0) is 22.4. The number of alkyl halides is 2. The normalized spacial score (nSPS) is 10.9. The van der Waals surface area contributed by atoms with E-state index >= 15 is 0 Å². The molecule has 0 spiro atoms. The highest BCUT2D eigenvalue weighted by molar-refractivity contribution is 7.99. The van der Waals surface area contributed by atoms with E-state index < -0.39 is 11.3 Å². The molecule has 31 heavy (non-hydrogen) atoms. The third-order valence-corrected chi connectivity index (χ3v) is 5.02. The molecule has 2 N–H and O–H groups in total. The number of aromatic amines is 1. The number of carbonyl (C=O) groups excluding carboxylic acids is 1. The summed E-state index contributed by atoms with van der Waals surface area (Å²) < 4.78 is 30.8. The van der Waals surface area contributed by atoms with Gasteiger partial charge in [-0.2, -0.15) is 8.78 Å². The van der Waals surface area contributed by atoms with E-state index in [1.54, 1.807) is 37.3 Å². The number of aryl methyl sites for hydroxylation is 1. The Morgan fingerprint density at radius 1 is 1.26 bits per heavy atom. The summed E-state index contributed by atoms with van der Waals surface area (Å²) in [5, 5.41) is 2.99. The minimum Gasteiger partial charge on any atom is -0.455 e. The van der Waals surface area contributed by atoms with Gasteiger partial charge in [0.05, 0.1) is 5.69 Å². The van der Waals surface area contributed by atoms with Crippen LogP contribution < -0.4 is 15.6 Å². The summed E-state index contributed by atoms with van der Waals surface area (Å²) in [6, 6.07) is 13.9. The first-order chi connectivity index (χ1) is 14.8. The third-order valence-electron chi connectivity index (χ3n) is 4.19. The first kappa shape index (κ1) is 22.8. The van der Waals surface area contributed by atoms with Crippen molar-refractivity contribution in [3.8, 4) is 11.5 Å². The van der Waals surface area contributed by atoms with Gasteiger partial charge in [-0.15, -0.1) is 0 Å². The lowest BCUT2D eigenvalue weighted by Crippen LogP contribution is -2.20. The monoisotopic (exact) mass is 465 g/mol. The Morgan fingerprint density at radius 2 is 2.00 bits per heavy atom.